The molecule has 1 aromatic carbocycles. The number of aliphatic carboxylic acids is 2. The molecule has 0 saturated heterocycles. The number of fused-ring (bicyclic) bond motifs is 1. The van der Waals surface area contributed by atoms with E-state index in [0.717, 1.165) is 21.6 Å². The lowest BCUT2D eigenvalue weighted by Gasteiger charge is -2.08. The first-order valence-corrected chi connectivity index (χ1v) is 7.41. The van der Waals surface area contributed by atoms with E-state index in [4.69, 9.17) is 21.8 Å². The van der Waals surface area contributed by atoms with E-state index in [9.17, 15) is 9.59 Å². The quantitative estimate of drug-likeness (QED) is 0.617. The summed E-state index contributed by atoms with van der Waals surface area (Å²) in [6.07, 6.45) is 6.60. The first kappa shape index (κ1) is 18.0. The van der Waals surface area contributed by atoms with Crippen LogP contribution in [-0.2, 0) is 9.59 Å². The summed E-state index contributed by atoms with van der Waals surface area (Å²) < 4.78 is 1.96. The van der Waals surface area contributed by atoms with Gasteiger partial charge in [0.15, 0.2) is 0 Å². The fraction of sp³-hybridized carbons (Fsp3) is 0. The van der Waals surface area contributed by atoms with Crippen molar-refractivity contribution in [3.8, 4) is 0 Å². The summed E-state index contributed by atoms with van der Waals surface area (Å²) in [5, 5.41) is 17.5. The number of nitrogens with one attached hydrogen (secondary N) is 1. The number of pyridine rings is 1. The summed E-state index contributed by atoms with van der Waals surface area (Å²) in [5.41, 5.74) is 5.36. The van der Waals surface area contributed by atoms with Crippen LogP contribution in [0.25, 0.3) is 10.9 Å². The highest BCUT2D eigenvalue weighted by molar-refractivity contribution is 6.31. The van der Waals surface area contributed by atoms with Crippen LogP contribution in [0.15, 0.2) is 67.1 Å². The van der Waals surface area contributed by atoms with Gasteiger partial charge >= 0.3 is 11.9 Å². The fourth-order valence-electron chi connectivity index (χ4n) is 1.92. The van der Waals surface area contributed by atoms with Crippen molar-refractivity contribution in [2.24, 2.45) is 0 Å². The van der Waals surface area contributed by atoms with Gasteiger partial charge in [0.2, 0.25) is 0 Å². The molecule has 0 amide bonds. The van der Waals surface area contributed by atoms with Crippen molar-refractivity contribution in [1.82, 2.24) is 9.66 Å². The summed E-state index contributed by atoms with van der Waals surface area (Å²) in [4.78, 5) is 23.1. The Balaban J connectivity index is 0.000000242. The number of carboxylic acid groups (broad SMARTS) is 2. The Morgan fingerprint density at radius 1 is 1.04 bits per heavy atom. The molecule has 7 nitrogen and oxygen atoms in total. The summed E-state index contributed by atoms with van der Waals surface area (Å²) in [5.74, 6) is -2.51. The normalized spacial score (nSPS) is 10.3. The molecule has 3 rings (SSSR count). The summed E-state index contributed by atoms with van der Waals surface area (Å²) in [6, 6.07) is 11.7. The molecule has 0 fully saturated rings. The van der Waals surface area contributed by atoms with Gasteiger partial charge in [-0.15, -0.1) is 0 Å². The van der Waals surface area contributed by atoms with Crippen LogP contribution in [0, 0.1) is 0 Å². The molecular weight excluding hydrogens is 346 g/mol. The van der Waals surface area contributed by atoms with E-state index in [1.54, 1.807) is 12.4 Å². The average Bonchev–Trinajstić information content (AvgIpc) is 2.96. The minimum atomic E-state index is -1.26. The van der Waals surface area contributed by atoms with Crippen molar-refractivity contribution < 1.29 is 19.8 Å². The molecule has 0 aliphatic heterocycles. The van der Waals surface area contributed by atoms with E-state index in [2.05, 4.69) is 10.4 Å². The molecule has 0 aliphatic rings. The second kappa shape index (κ2) is 8.51. The number of carboxylic acids is 2. The number of nitrogens with zero attached hydrogens (tertiary/aromatic N) is 2. The molecular formula is C17H14ClN3O4. The Kier molecular flexibility index (Phi) is 6.14. The SMILES string of the molecule is Clc1ccc2c(ccn2Nc2ccncc2)c1.O=C(O)C=CC(=O)O. The third-order valence-electron chi connectivity index (χ3n) is 2.95. The molecule has 25 heavy (non-hydrogen) atoms. The van der Waals surface area contributed by atoms with E-state index in [1.165, 1.54) is 0 Å². The lowest BCUT2D eigenvalue weighted by atomic mass is 10.2. The van der Waals surface area contributed by atoms with Crippen molar-refractivity contribution in [1.29, 1.82) is 0 Å². The summed E-state index contributed by atoms with van der Waals surface area (Å²) in [7, 11) is 0. The number of benzene rings is 1. The van der Waals surface area contributed by atoms with Crippen LogP contribution in [-0.4, -0.2) is 31.8 Å². The number of carbonyl (C=O) groups is 2. The molecule has 0 bridgehead atoms. The number of hydrogen-bond acceptors (Lipinski definition) is 4. The van der Waals surface area contributed by atoms with Gasteiger partial charge in [-0.1, -0.05) is 11.6 Å². The zero-order valence-corrected chi connectivity index (χ0v) is 13.6. The third-order valence-corrected chi connectivity index (χ3v) is 3.19. The minimum Gasteiger partial charge on any atom is -0.478 e. The van der Waals surface area contributed by atoms with Gasteiger partial charge < -0.3 is 10.2 Å². The Morgan fingerprint density at radius 3 is 2.28 bits per heavy atom. The lowest BCUT2D eigenvalue weighted by Crippen LogP contribution is -2.06. The molecule has 0 radical (unpaired) electrons. The van der Waals surface area contributed by atoms with Crippen molar-refractivity contribution in [3.63, 3.8) is 0 Å². The Hall–Kier alpha value is -3.32. The van der Waals surface area contributed by atoms with Gasteiger partial charge in [0.05, 0.1) is 11.2 Å². The largest absolute Gasteiger partial charge is 0.478 e. The van der Waals surface area contributed by atoms with Crippen LogP contribution in [0.3, 0.4) is 0 Å². The molecule has 2 heterocycles. The van der Waals surface area contributed by atoms with Crippen molar-refractivity contribution in [2.45, 2.75) is 0 Å². The number of aromatic nitrogens is 2. The average molecular weight is 360 g/mol. The van der Waals surface area contributed by atoms with E-state index in [-0.39, 0.29) is 0 Å². The highest BCUT2D eigenvalue weighted by atomic mass is 35.5. The molecule has 8 heteroatoms. The van der Waals surface area contributed by atoms with Crippen LogP contribution in [0.4, 0.5) is 5.69 Å². The molecule has 0 unspecified atom stereocenters. The predicted molar refractivity (Wildman–Crippen MR) is 94.6 cm³/mol. The maximum atomic E-state index is 9.55. The van der Waals surface area contributed by atoms with E-state index in [0.29, 0.717) is 12.2 Å². The van der Waals surface area contributed by atoms with Gasteiger partial charge in [-0.05, 0) is 36.4 Å². The zero-order valence-electron chi connectivity index (χ0n) is 12.8. The molecule has 3 aromatic rings. The second-order valence-electron chi connectivity index (χ2n) is 4.75. The van der Waals surface area contributed by atoms with Gasteiger partial charge in [0.1, 0.15) is 0 Å². The smallest absolute Gasteiger partial charge is 0.328 e. The molecule has 0 aliphatic carbocycles. The van der Waals surface area contributed by atoms with Gasteiger partial charge in [-0.2, -0.15) is 0 Å². The highest BCUT2D eigenvalue weighted by Crippen LogP contribution is 2.20. The molecule has 2 aromatic heterocycles. The number of rotatable bonds is 4. The molecule has 0 atom stereocenters. The van der Waals surface area contributed by atoms with Gasteiger partial charge in [0.25, 0.3) is 0 Å². The standard InChI is InChI=1S/C13H10ClN3.C4H4O4/c14-11-1-2-13-10(9-11)5-8-17(13)16-12-3-6-15-7-4-12;5-3(6)1-2-4(7)8/h1-9H,(H,15,16);1-2H,(H,5,6)(H,7,8). The zero-order chi connectivity index (χ0) is 18.2. The number of hydrogen-bond donors (Lipinski definition) is 3. The van der Waals surface area contributed by atoms with Gasteiger partial charge in [-0.3, -0.25) is 15.1 Å². The summed E-state index contributed by atoms with van der Waals surface area (Å²) in [6.45, 7) is 0. The van der Waals surface area contributed by atoms with Crippen LogP contribution in [0.1, 0.15) is 0 Å². The topological polar surface area (TPSA) is 104 Å². The summed E-state index contributed by atoms with van der Waals surface area (Å²) >= 11 is 5.95. The minimum absolute atomic E-state index is 0.558. The number of anilines is 1. The van der Waals surface area contributed by atoms with Crippen LogP contribution in [0.5, 0.6) is 0 Å². The maximum absolute atomic E-state index is 9.55. The van der Waals surface area contributed by atoms with E-state index in [1.807, 2.05) is 47.3 Å². The lowest BCUT2D eigenvalue weighted by molar-refractivity contribution is -0.134. The van der Waals surface area contributed by atoms with Gasteiger partial charge in [0, 0.05) is 41.2 Å². The first-order valence-electron chi connectivity index (χ1n) is 7.03. The Morgan fingerprint density at radius 2 is 1.68 bits per heavy atom. The van der Waals surface area contributed by atoms with Crippen LogP contribution >= 0.6 is 11.6 Å². The van der Waals surface area contributed by atoms with Crippen molar-refractivity contribution in [2.75, 3.05) is 5.43 Å². The molecule has 3 N–H and O–H groups in total. The first-order chi connectivity index (χ1) is 12.0. The van der Waals surface area contributed by atoms with Crippen LogP contribution in [0.2, 0.25) is 5.02 Å². The van der Waals surface area contributed by atoms with E-state index < -0.39 is 11.9 Å². The second-order valence-corrected chi connectivity index (χ2v) is 5.18. The molecule has 0 saturated carbocycles. The van der Waals surface area contributed by atoms with Crippen molar-refractivity contribution >= 4 is 40.1 Å². The highest BCUT2D eigenvalue weighted by Gasteiger charge is 2.01. The number of halogens is 1. The predicted octanol–water partition coefficient (Wildman–Crippen LogP) is 3.28. The third kappa shape index (κ3) is 5.67. The Bertz CT molecular complexity index is 891. The molecule has 128 valence electrons. The fourth-order valence-corrected chi connectivity index (χ4v) is 2.10. The van der Waals surface area contributed by atoms with E-state index >= 15 is 0 Å². The monoisotopic (exact) mass is 359 g/mol. The van der Waals surface area contributed by atoms with Crippen molar-refractivity contribution in [3.05, 3.63) is 72.2 Å². The Labute approximate surface area is 147 Å². The molecule has 0 spiro atoms. The maximum Gasteiger partial charge on any atom is 0.328 e. The van der Waals surface area contributed by atoms with Crippen LogP contribution < -0.4 is 5.43 Å². The van der Waals surface area contributed by atoms with Gasteiger partial charge in [-0.25, -0.2) is 9.59 Å².